The second-order valence-electron chi connectivity index (χ2n) is 5.12. The first-order valence-corrected chi connectivity index (χ1v) is 8.08. The molecule has 0 bridgehead atoms. The molecule has 0 atom stereocenters. The van der Waals surface area contributed by atoms with Crippen molar-refractivity contribution >= 4 is 11.8 Å². The van der Waals surface area contributed by atoms with Crippen LogP contribution in [0.1, 0.15) is 25.7 Å². The molecule has 0 aromatic heterocycles. The minimum atomic E-state index is 0.969. The molecule has 0 aromatic rings. The average molecular weight is 243 g/mol. The van der Waals surface area contributed by atoms with E-state index >= 15 is 0 Å². The van der Waals surface area contributed by atoms with Crippen molar-refractivity contribution in [2.75, 3.05) is 44.9 Å². The van der Waals surface area contributed by atoms with Gasteiger partial charge in [-0.1, -0.05) is 0 Å². The zero-order chi connectivity index (χ0) is 11.2. The van der Waals surface area contributed by atoms with Gasteiger partial charge >= 0.3 is 0 Å². The van der Waals surface area contributed by atoms with E-state index in [0.717, 1.165) is 25.0 Å². The number of ether oxygens (including phenoxy) is 1. The summed E-state index contributed by atoms with van der Waals surface area (Å²) in [6.07, 6.45) is 7.69. The van der Waals surface area contributed by atoms with E-state index in [4.69, 9.17) is 4.74 Å². The molecule has 2 rings (SSSR count). The van der Waals surface area contributed by atoms with Crippen LogP contribution in [0, 0.1) is 11.8 Å². The van der Waals surface area contributed by atoms with Gasteiger partial charge in [0, 0.05) is 25.5 Å². The Morgan fingerprint density at radius 3 is 2.31 bits per heavy atom. The number of thioether (sulfide) groups is 1. The second kappa shape index (κ2) is 6.87. The van der Waals surface area contributed by atoms with Crippen LogP contribution in [-0.4, -0.2) is 49.8 Å². The van der Waals surface area contributed by atoms with E-state index in [1.54, 1.807) is 0 Å². The van der Waals surface area contributed by atoms with Crippen molar-refractivity contribution in [1.82, 2.24) is 4.90 Å². The number of hydrogen-bond acceptors (Lipinski definition) is 3. The van der Waals surface area contributed by atoms with Gasteiger partial charge in [0.2, 0.25) is 0 Å². The molecular formula is C13H25NOS. The fourth-order valence-electron chi connectivity index (χ4n) is 3.06. The fourth-order valence-corrected chi connectivity index (χ4v) is 3.50. The van der Waals surface area contributed by atoms with Gasteiger partial charge in [0.15, 0.2) is 0 Å². The lowest BCUT2D eigenvalue weighted by molar-refractivity contribution is 0.0311. The van der Waals surface area contributed by atoms with Crippen LogP contribution < -0.4 is 0 Å². The molecule has 2 aliphatic heterocycles. The van der Waals surface area contributed by atoms with E-state index in [0.29, 0.717) is 0 Å². The monoisotopic (exact) mass is 243 g/mol. The molecular weight excluding hydrogens is 218 g/mol. The van der Waals surface area contributed by atoms with Gasteiger partial charge in [-0.3, -0.25) is 0 Å². The van der Waals surface area contributed by atoms with E-state index in [1.807, 2.05) is 11.8 Å². The van der Waals surface area contributed by atoms with Crippen molar-refractivity contribution in [1.29, 1.82) is 0 Å². The number of nitrogens with zero attached hydrogens (tertiary/aromatic N) is 1. The second-order valence-corrected chi connectivity index (χ2v) is 6.11. The first-order chi connectivity index (χ1) is 7.90. The number of likely N-dealkylation sites (tertiary alicyclic amines) is 1. The number of piperidine rings is 1. The fraction of sp³-hybridized carbons (Fsp3) is 1.00. The largest absolute Gasteiger partial charge is 0.381 e. The summed E-state index contributed by atoms with van der Waals surface area (Å²) in [5, 5.41) is 0. The highest BCUT2D eigenvalue weighted by molar-refractivity contribution is 7.98. The van der Waals surface area contributed by atoms with E-state index in [-0.39, 0.29) is 0 Å². The van der Waals surface area contributed by atoms with Gasteiger partial charge in [-0.25, -0.2) is 0 Å². The minimum absolute atomic E-state index is 0.969. The molecule has 0 amide bonds. The summed E-state index contributed by atoms with van der Waals surface area (Å²) in [5.41, 5.74) is 0. The van der Waals surface area contributed by atoms with Crippen molar-refractivity contribution in [3.8, 4) is 0 Å². The molecule has 0 aliphatic carbocycles. The van der Waals surface area contributed by atoms with Crippen LogP contribution in [0.5, 0.6) is 0 Å². The minimum Gasteiger partial charge on any atom is -0.381 e. The predicted molar refractivity (Wildman–Crippen MR) is 71.1 cm³/mol. The molecule has 0 unspecified atom stereocenters. The van der Waals surface area contributed by atoms with Crippen molar-refractivity contribution in [2.24, 2.45) is 11.8 Å². The van der Waals surface area contributed by atoms with E-state index < -0.39 is 0 Å². The molecule has 3 heteroatoms. The van der Waals surface area contributed by atoms with Crippen molar-refractivity contribution in [2.45, 2.75) is 25.7 Å². The lowest BCUT2D eigenvalue weighted by atomic mass is 9.80. The maximum absolute atomic E-state index is 5.45. The third-order valence-electron chi connectivity index (χ3n) is 4.18. The topological polar surface area (TPSA) is 12.5 Å². The first kappa shape index (κ1) is 12.7. The van der Waals surface area contributed by atoms with Crippen LogP contribution in [0.3, 0.4) is 0 Å². The molecule has 0 N–H and O–H groups in total. The third-order valence-corrected chi connectivity index (χ3v) is 4.77. The molecule has 16 heavy (non-hydrogen) atoms. The summed E-state index contributed by atoms with van der Waals surface area (Å²) >= 11 is 1.97. The first-order valence-electron chi connectivity index (χ1n) is 6.69. The van der Waals surface area contributed by atoms with Gasteiger partial charge in [-0.05, 0) is 56.9 Å². The van der Waals surface area contributed by atoms with E-state index in [9.17, 15) is 0 Å². The molecule has 94 valence electrons. The van der Waals surface area contributed by atoms with Crippen molar-refractivity contribution in [3.63, 3.8) is 0 Å². The SMILES string of the molecule is CSCCN1CCC(C2CCOCC2)CC1. The Morgan fingerprint density at radius 1 is 1.06 bits per heavy atom. The number of rotatable bonds is 4. The Morgan fingerprint density at radius 2 is 1.69 bits per heavy atom. The molecule has 2 heterocycles. The highest BCUT2D eigenvalue weighted by atomic mass is 32.2. The summed E-state index contributed by atoms with van der Waals surface area (Å²) in [4.78, 5) is 2.65. The van der Waals surface area contributed by atoms with Gasteiger partial charge in [-0.2, -0.15) is 11.8 Å². The zero-order valence-corrected chi connectivity index (χ0v) is 11.3. The van der Waals surface area contributed by atoms with E-state index in [2.05, 4.69) is 11.2 Å². The zero-order valence-electron chi connectivity index (χ0n) is 10.5. The molecule has 0 spiro atoms. The average Bonchev–Trinajstić information content (AvgIpc) is 2.38. The van der Waals surface area contributed by atoms with Gasteiger partial charge < -0.3 is 9.64 Å². The van der Waals surface area contributed by atoms with Crippen molar-refractivity contribution in [3.05, 3.63) is 0 Å². The van der Waals surface area contributed by atoms with Crippen LogP contribution in [-0.2, 0) is 4.74 Å². The molecule has 2 saturated heterocycles. The Kier molecular flexibility index (Phi) is 5.46. The van der Waals surface area contributed by atoms with Crippen LogP contribution in [0.4, 0.5) is 0 Å². The van der Waals surface area contributed by atoms with Crippen LogP contribution in [0.2, 0.25) is 0 Å². The summed E-state index contributed by atoms with van der Waals surface area (Å²) in [6.45, 7) is 5.99. The lowest BCUT2D eigenvalue weighted by Gasteiger charge is -2.37. The Bertz CT molecular complexity index is 186. The molecule has 2 fully saturated rings. The highest BCUT2D eigenvalue weighted by Gasteiger charge is 2.27. The maximum Gasteiger partial charge on any atom is 0.0468 e. The van der Waals surface area contributed by atoms with Crippen LogP contribution in [0.15, 0.2) is 0 Å². The summed E-state index contributed by atoms with van der Waals surface area (Å²) in [5.74, 6) is 3.26. The van der Waals surface area contributed by atoms with Gasteiger partial charge in [0.1, 0.15) is 0 Å². The van der Waals surface area contributed by atoms with Gasteiger partial charge in [-0.15, -0.1) is 0 Å². The predicted octanol–water partition coefficient (Wildman–Crippen LogP) is 2.49. The summed E-state index contributed by atoms with van der Waals surface area (Å²) in [7, 11) is 0. The molecule has 0 saturated carbocycles. The molecule has 0 radical (unpaired) electrons. The standard InChI is InChI=1S/C13H25NOS/c1-16-11-8-14-6-2-12(3-7-14)13-4-9-15-10-5-13/h12-13H,2-11H2,1H3. The molecule has 2 aliphatic rings. The van der Waals surface area contributed by atoms with Crippen molar-refractivity contribution < 1.29 is 4.74 Å². The normalized spacial score (nSPS) is 26.1. The van der Waals surface area contributed by atoms with Gasteiger partial charge in [0.05, 0.1) is 0 Å². The quantitative estimate of drug-likeness (QED) is 0.753. The number of hydrogen-bond donors (Lipinski definition) is 0. The molecule has 0 aromatic carbocycles. The smallest absolute Gasteiger partial charge is 0.0468 e. The van der Waals surface area contributed by atoms with Crippen LogP contribution >= 0.6 is 11.8 Å². The maximum atomic E-state index is 5.45. The summed E-state index contributed by atoms with van der Waals surface area (Å²) in [6, 6.07) is 0. The summed E-state index contributed by atoms with van der Waals surface area (Å²) < 4.78 is 5.45. The van der Waals surface area contributed by atoms with E-state index in [1.165, 1.54) is 51.1 Å². The van der Waals surface area contributed by atoms with Gasteiger partial charge in [0.25, 0.3) is 0 Å². The Balaban J connectivity index is 1.67. The lowest BCUT2D eigenvalue weighted by Crippen LogP contribution is -2.38. The highest BCUT2D eigenvalue weighted by Crippen LogP contribution is 2.31. The molecule has 2 nitrogen and oxygen atoms in total. The Hall–Kier alpha value is 0.270. The Labute approximate surface area is 104 Å². The van der Waals surface area contributed by atoms with Crippen LogP contribution in [0.25, 0.3) is 0 Å². The third kappa shape index (κ3) is 3.64.